The van der Waals surface area contributed by atoms with Gasteiger partial charge in [-0.15, -0.1) is 0 Å². The van der Waals surface area contributed by atoms with Gasteiger partial charge in [0.1, 0.15) is 10.6 Å². The molecule has 6 nitrogen and oxygen atoms in total. The van der Waals surface area contributed by atoms with Crippen molar-refractivity contribution in [3.05, 3.63) is 18.2 Å². The highest BCUT2D eigenvalue weighted by Crippen LogP contribution is 2.26. The van der Waals surface area contributed by atoms with Crippen molar-refractivity contribution < 1.29 is 17.9 Å². The van der Waals surface area contributed by atoms with Gasteiger partial charge in [0.15, 0.2) is 0 Å². The van der Waals surface area contributed by atoms with Gasteiger partial charge in [0.2, 0.25) is 10.0 Å². The van der Waals surface area contributed by atoms with Gasteiger partial charge in [-0.05, 0) is 44.4 Å². The highest BCUT2D eigenvalue weighted by molar-refractivity contribution is 7.89. The quantitative estimate of drug-likeness (QED) is 0.777. The summed E-state index contributed by atoms with van der Waals surface area (Å²) in [6.45, 7) is 3.14. The first-order valence-corrected chi connectivity index (χ1v) is 8.65. The van der Waals surface area contributed by atoms with E-state index in [4.69, 9.17) is 15.2 Å². The fourth-order valence-electron chi connectivity index (χ4n) is 2.26. The number of hydrogen-bond acceptors (Lipinski definition) is 5. The maximum atomic E-state index is 12.4. The molecular formula is C14H22N2O4S. The third-order valence-electron chi connectivity index (χ3n) is 3.33. The summed E-state index contributed by atoms with van der Waals surface area (Å²) in [4.78, 5) is 0.0696. The zero-order valence-corrected chi connectivity index (χ0v) is 13.0. The highest BCUT2D eigenvalue weighted by Gasteiger charge is 2.22. The SMILES string of the molecule is CCOc1ccc(N)cc1S(=O)(=O)NCC1CCCCO1. The predicted octanol–water partition coefficient (Wildman–Crippen LogP) is 1.51. The van der Waals surface area contributed by atoms with Crippen LogP contribution in [0.5, 0.6) is 5.75 Å². The van der Waals surface area contributed by atoms with Crippen LogP contribution in [0.1, 0.15) is 26.2 Å². The van der Waals surface area contributed by atoms with Crippen LogP contribution in [0.25, 0.3) is 0 Å². The summed E-state index contributed by atoms with van der Waals surface area (Å²) in [5, 5.41) is 0. The Labute approximate surface area is 125 Å². The summed E-state index contributed by atoms with van der Waals surface area (Å²) in [7, 11) is -3.67. The first-order valence-electron chi connectivity index (χ1n) is 7.16. The minimum Gasteiger partial charge on any atom is -0.492 e. The molecule has 0 saturated carbocycles. The second-order valence-corrected chi connectivity index (χ2v) is 6.72. The summed E-state index contributed by atoms with van der Waals surface area (Å²) in [5.41, 5.74) is 6.07. The molecule has 0 bridgehead atoms. The van der Waals surface area contributed by atoms with Crippen LogP contribution in [0.3, 0.4) is 0 Å². The highest BCUT2D eigenvalue weighted by atomic mass is 32.2. The van der Waals surface area contributed by atoms with Crippen LogP contribution >= 0.6 is 0 Å². The summed E-state index contributed by atoms with van der Waals surface area (Å²) in [6, 6.07) is 4.60. The van der Waals surface area contributed by atoms with Crippen molar-refractivity contribution in [1.29, 1.82) is 0 Å². The Morgan fingerprint density at radius 1 is 1.43 bits per heavy atom. The molecule has 0 spiro atoms. The van der Waals surface area contributed by atoms with Crippen molar-refractivity contribution in [3.8, 4) is 5.75 Å². The van der Waals surface area contributed by atoms with Crippen LogP contribution in [-0.4, -0.2) is 34.3 Å². The number of anilines is 1. The van der Waals surface area contributed by atoms with E-state index in [-0.39, 0.29) is 17.5 Å². The van der Waals surface area contributed by atoms with Gasteiger partial charge in [0, 0.05) is 18.8 Å². The monoisotopic (exact) mass is 314 g/mol. The van der Waals surface area contributed by atoms with Crippen molar-refractivity contribution in [2.75, 3.05) is 25.5 Å². The first kappa shape index (κ1) is 16.1. The summed E-state index contributed by atoms with van der Waals surface area (Å²) < 4.78 is 38.3. The molecule has 0 radical (unpaired) electrons. The average molecular weight is 314 g/mol. The molecule has 1 aliphatic rings. The van der Waals surface area contributed by atoms with Gasteiger partial charge in [-0.1, -0.05) is 0 Å². The Kier molecular flexibility index (Phi) is 5.44. The van der Waals surface area contributed by atoms with Gasteiger partial charge in [-0.2, -0.15) is 0 Å². The molecule has 1 aromatic rings. The predicted molar refractivity (Wildman–Crippen MR) is 80.8 cm³/mol. The number of ether oxygens (including phenoxy) is 2. The van der Waals surface area contributed by atoms with E-state index in [9.17, 15) is 8.42 Å². The van der Waals surface area contributed by atoms with Gasteiger partial charge in [-0.25, -0.2) is 13.1 Å². The summed E-state index contributed by atoms with van der Waals surface area (Å²) >= 11 is 0. The Morgan fingerprint density at radius 2 is 2.24 bits per heavy atom. The molecule has 1 saturated heterocycles. The van der Waals surface area contributed by atoms with Crippen molar-refractivity contribution in [3.63, 3.8) is 0 Å². The lowest BCUT2D eigenvalue weighted by Gasteiger charge is -2.23. The minimum atomic E-state index is -3.67. The maximum Gasteiger partial charge on any atom is 0.244 e. The second kappa shape index (κ2) is 7.11. The number of hydrogen-bond donors (Lipinski definition) is 2. The lowest BCUT2D eigenvalue weighted by atomic mass is 10.1. The Bertz CT molecular complexity index is 568. The van der Waals surface area contributed by atoms with E-state index in [0.29, 0.717) is 24.7 Å². The molecule has 1 unspecified atom stereocenters. The molecule has 2 rings (SSSR count). The topological polar surface area (TPSA) is 90.7 Å². The zero-order chi connectivity index (χ0) is 15.3. The van der Waals surface area contributed by atoms with Gasteiger partial charge in [-0.3, -0.25) is 0 Å². The second-order valence-electron chi connectivity index (χ2n) is 4.98. The van der Waals surface area contributed by atoms with Gasteiger partial charge < -0.3 is 15.2 Å². The molecule has 3 N–H and O–H groups in total. The number of nitrogens with one attached hydrogen (secondary N) is 1. The molecule has 1 atom stereocenters. The van der Waals surface area contributed by atoms with E-state index < -0.39 is 10.0 Å². The molecule has 0 aromatic heterocycles. The van der Waals surface area contributed by atoms with Crippen LogP contribution < -0.4 is 15.2 Å². The van der Waals surface area contributed by atoms with Gasteiger partial charge >= 0.3 is 0 Å². The van der Waals surface area contributed by atoms with Crippen LogP contribution in [-0.2, 0) is 14.8 Å². The number of sulfonamides is 1. The van der Waals surface area contributed by atoms with Gasteiger partial charge in [0.25, 0.3) is 0 Å². The molecule has 1 heterocycles. The number of nitrogens with two attached hydrogens (primary N) is 1. The van der Waals surface area contributed by atoms with Crippen LogP contribution in [0.15, 0.2) is 23.1 Å². The van der Waals surface area contributed by atoms with Crippen molar-refractivity contribution in [2.45, 2.75) is 37.2 Å². The first-order chi connectivity index (χ1) is 10.0. The summed E-state index contributed by atoms with van der Waals surface area (Å²) in [6.07, 6.45) is 2.91. The van der Waals surface area contributed by atoms with E-state index in [1.807, 2.05) is 0 Å². The lowest BCUT2D eigenvalue weighted by Crippen LogP contribution is -2.35. The zero-order valence-electron chi connectivity index (χ0n) is 12.2. The standard InChI is InChI=1S/C14H22N2O4S/c1-2-19-13-7-6-11(15)9-14(13)21(17,18)16-10-12-5-3-4-8-20-12/h6-7,9,12,16H,2-5,8,10,15H2,1H3. The van der Waals surface area contributed by atoms with Gasteiger partial charge in [0.05, 0.1) is 12.7 Å². The molecule has 0 amide bonds. The van der Waals surface area contributed by atoms with Crippen molar-refractivity contribution in [1.82, 2.24) is 4.72 Å². The number of benzene rings is 1. The van der Waals surface area contributed by atoms with Crippen LogP contribution in [0.4, 0.5) is 5.69 Å². The molecule has 118 valence electrons. The molecule has 1 aromatic carbocycles. The molecule has 1 fully saturated rings. The van der Waals surface area contributed by atoms with E-state index >= 15 is 0 Å². The Hall–Kier alpha value is -1.31. The third-order valence-corrected chi connectivity index (χ3v) is 4.78. The third kappa shape index (κ3) is 4.33. The number of rotatable bonds is 6. The normalized spacial score (nSPS) is 19.4. The number of nitrogen functional groups attached to an aromatic ring is 1. The smallest absolute Gasteiger partial charge is 0.244 e. The Balaban J connectivity index is 2.12. The minimum absolute atomic E-state index is 0.0647. The molecular weight excluding hydrogens is 292 g/mol. The molecule has 0 aliphatic carbocycles. The van der Waals surface area contributed by atoms with Crippen molar-refractivity contribution >= 4 is 15.7 Å². The fourth-order valence-corrected chi connectivity index (χ4v) is 3.50. The molecule has 7 heteroatoms. The Morgan fingerprint density at radius 3 is 2.90 bits per heavy atom. The van der Waals surface area contributed by atoms with Crippen LogP contribution in [0, 0.1) is 0 Å². The van der Waals surface area contributed by atoms with E-state index in [1.165, 1.54) is 6.07 Å². The van der Waals surface area contributed by atoms with Crippen LogP contribution in [0.2, 0.25) is 0 Å². The molecule has 1 aliphatic heterocycles. The average Bonchev–Trinajstić information content (AvgIpc) is 2.48. The molecule has 21 heavy (non-hydrogen) atoms. The van der Waals surface area contributed by atoms with E-state index in [0.717, 1.165) is 19.3 Å². The lowest BCUT2D eigenvalue weighted by molar-refractivity contribution is 0.0200. The fraction of sp³-hybridized carbons (Fsp3) is 0.571. The largest absolute Gasteiger partial charge is 0.492 e. The summed E-state index contributed by atoms with van der Waals surface area (Å²) in [5.74, 6) is 0.309. The maximum absolute atomic E-state index is 12.4. The van der Waals surface area contributed by atoms with E-state index in [1.54, 1.807) is 19.1 Å². The van der Waals surface area contributed by atoms with Crippen molar-refractivity contribution in [2.24, 2.45) is 0 Å². The van der Waals surface area contributed by atoms with E-state index in [2.05, 4.69) is 4.72 Å².